The molecule has 0 aliphatic carbocycles. The summed E-state index contributed by atoms with van der Waals surface area (Å²) in [5.74, 6) is 1.56. The van der Waals surface area contributed by atoms with Crippen molar-refractivity contribution in [3.8, 4) is 0 Å². The van der Waals surface area contributed by atoms with E-state index >= 15 is 0 Å². The average molecular weight is 228 g/mol. The van der Waals surface area contributed by atoms with Gasteiger partial charge in [-0.15, -0.1) is 11.6 Å². The maximum absolute atomic E-state index is 5.64. The molecule has 1 unspecified atom stereocenters. The van der Waals surface area contributed by atoms with Crippen LogP contribution in [0.25, 0.3) is 0 Å². The summed E-state index contributed by atoms with van der Waals surface area (Å²) < 4.78 is 0. The fourth-order valence-corrected chi connectivity index (χ4v) is 1.47. The van der Waals surface area contributed by atoms with E-state index in [2.05, 4.69) is 22.2 Å². The number of anilines is 1. The standard InChI is InChI=1S/C11H18ClN3/c1-8(5-4-6-12)14-11-7-13-9(2)10(3)15-11/h7-8H,4-6H2,1-3H3,(H,14,15). The van der Waals surface area contributed by atoms with Gasteiger partial charge < -0.3 is 5.32 Å². The lowest BCUT2D eigenvalue weighted by molar-refractivity contribution is 0.689. The lowest BCUT2D eigenvalue weighted by atomic mass is 10.2. The second kappa shape index (κ2) is 5.91. The van der Waals surface area contributed by atoms with Gasteiger partial charge in [-0.25, -0.2) is 4.98 Å². The highest BCUT2D eigenvalue weighted by atomic mass is 35.5. The Morgan fingerprint density at radius 3 is 2.73 bits per heavy atom. The van der Waals surface area contributed by atoms with Crippen LogP contribution in [-0.4, -0.2) is 21.9 Å². The first kappa shape index (κ1) is 12.2. The number of rotatable bonds is 5. The summed E-state index contributed by atoms with van der Waals surface area (Å²) in [6.45, 7) is 6.06. The molecule has 3 nitrogen and oxygen atoms in total. The fraction of sp³-hybridized carbons (Fsp3) is 0.636. The molecule has 84 valence electrons. The van der Waals surface area contributed by atoms with Crippen LogP contribution in [-0.2, 0) is 0 Å². The minimum Gasteiger partial charge on any atom is -0.366 e. The average Bonchev–Trinajstić information content (AvgIpc) is 2.20. The van der Waals surface area contributed by atoms with Gasteiger partial charge in [-0.3, -0.25) is 4.98 Å². The normalized spacial score (nSPS) is 12.5. The molecule has 0 aromatic carbocycles. The van der Waals surface area contributed by atoms with E-state index in [0.717, 1.165) is 30.0 Å². The van der Waals surface area contributed by atoms with Gasteiger partial charge in [0.2, 0.25) is 0 Å². The molecular weight excluding hydrogens is 210 g/mol. The number of alkyl halides is 1. The number of aryl methyl sites for hydroxylation is 2. The zero-order valence-corrected chi connectivity index (χ0v) is 10.3. The number of hydrogen-bond donors (Lipinski definition) is 1. The van der Waals surface area contributed by atoms with Crippen LogP contribution < -0.4 is 5.32 Å². The highest BCUT2D eigenvalue weighted by Crippen LogP contribution is 2.09. The molecule has 0 amide bonds. The van der Waals surface area contributed by atoms with E-state index in [0.29, 0.717) is 11.9 Å². The van der Waals surface area contributed by atoms with Crippen molar-refractivity contribution in [2.45, 2.75) is 39.7 Å². The first-order valence-corrected chi connectivity index (χ1v) is 5.79. The topological polar surface area (TPSA) is 37.8 Å². The number of aromatic nitrogens is 2. The van der Waals surface area contributed by atoms with Gasteiger partial charge in [-0.05, 0) is 33.6 Å². The summed E-state index contributed by atoms with van der Waals surface area (Å²) in [7, 11) is 0. The van der Waals surface area contributed by atoms with Gasteiger partial charge in [0.1, 0.15) is 5.82 Å². The minimum absolute atomic E-state index is 0.389. The van der Waals surface area contributed by atoms with Crippen LogP contribution in [0.15, 0.2) is 6.20 Å². The van der Waals surface area contributed by atoms with E-state index in [4.69, 9.17) is 11.6 Å². The zero-order valence-electron chi connectivity index (χ0n) is 9.55. The third-order valence-electron chi connectivity index (χ3n) is 2.36. The van der Waals surface area contributed by atoms with Crippen molar-refractivity contribution >= 4 is 17.4 Å². The van der Waals surface area contributed by atoms with Crippen molar-refractivity contribution < 1.29 is 0 Å². The molecule has 1 heterocycles. The molecule has 0 aliphatic heterocycles. The first-order chi connectivity index (χ1) is 7.13. The van der Waals surface area contributed by atoms with E-state index in [1.54, 1.807) is 6.20 Å². The van der Waals surface area contributed by atoms with Crippen molar-refractivity contribution in [3.05, 3.63) is 17.6 Å². The van der Waals surface area contributed by atoms with E-state index in [1.165, 1.54) is 0 Å². The maximum atomic E-state index is 5.64. The highest BCUT2D eigenvalue weighted by Gasteiger charge is 2.04. The van der Waals surface area contributed by atoms with Gasteiger partial charge in [0.15, 0.2) is 0 Å². The fourth-order valence-electron chi connectivity index (χ4n) is 1.32. The molecule has 0 saturated carbocycles. The summed E-state index contributed by atoms with van der Waals surface area (Å²) in [6, 6.07) is 0.389. The van der Waals surface area contributed by atoms with Crippen molar-refractivity contribution in [2.24, 2.45) is 0 Å². The molecular formula is C11H18ClN3. The van der Waals surface area contributed by atoms with Crippen molar-refractivity contribution in [1.82, 2.24) is 9.97 Å². The highest BCUT2D eigenvalue weighted by molar-refractivity contribution is 6.17. The van der Waals surface area contributed by atoms with Gasteiger partial charge in [0, 0.05) is 11.9 Å². The summed E-state index contributed by atoms with van der Waals surface area (Å²) in [5.41, 5.74) is 1.96. The van der Waals surface area contributed by atoms with Crippen LogP contribution in [0, 0.1) is 13.8 Å². The smallest absolute Gasteiger partial charge is 0.145 e. The molecule has 0 aliphatic rings. The third kappa shape index (κ3) is 4.04. The van der Waals surface area contributed by atoms with E-state index < -0.39 is 0 Å². The van der Waals surface area contributed by atoms with E-state index in [1.807, 2.05) is 13.8 Å². The zero-order chi connectivity index (χ0) is 11.3. The van der Waals surface area contributed by atoms with Gasteiger partial charge in [-0.2, -0.15) is 0 Å². The molecule has 15 heavy (non-hydrogen) atoms. The Morgan fingerprint density at radius 2 is 2.13 bits per heavy atom. The van der Waals surface area contributed by atoms with Crippen molar-refractivity contribution in [3.63, 3.8) is 0 Å². The number of nitrogens with zero attached hydrogens (tertiary/aromatic N) is 2. The Kier molecular flexibility index (Phi) is 4.82. The van der Waals surface area contributed by atoms with Gasteiger partial charge in [-0.1, -0.05) is 0 Å². The summed E-state index contributed by atoms with van der Waals surface area (Å²) in [6.07, 6.45) is 3.85. The van der Waals surface area contributed by atoms with Crippen molar-refractivity contribution in [2.75, 3.05) is 11.2 Å². The third-order valence-corrected chi connectivity index (χ3v) is 2.62. The number of nitrogens with one attached hydrogen (secondary N) is 1. The second-order valence-corrected chi connectivity index (χ2v) is 4.18. The van der Waals surface area contributed by atoms with E-state index in [-0.39, 0.29) is 0 Å². The molecule has 1 atom stereocenters. The molecule has 1 N–H and O–H groups in total. The lowest BCUT2D eigenvalue weighted by Gasteiger charge is -2.14. The second-order valence-electron chi connectivity index (χ2n) is 3.80. The molecule has 1 aromatic heterocycles. The molecule has 1 rings (SSSR count). The Hall–Kier alpha value is -0.830. The summed E-state index contributed by atoms with van der Waals surface area (Å²) >= 11 is 5.64. The lowest BCUT2D eigenvalue weighted by Crippen LogP contribution is -2.16. The molecule has 0 radical (unpaired) electrons. The quantitative estimate of drug-likeness (QED) is 0.786. The number of hydrogen-bond acceptors (Lipinski definition) is 3. The van der Waals surface area contributed by atoms with Crippen LogP contribution in [0.1, 0.15) is 31.2 Å². The Labute approximate surface area is 96.3 Å². The first-order valence-electron chi connectivity index (χ1n) is 5.26. The van der Waals surface area contributed by atoms with Crippen LogP contribution in [0.4, 0.5) is 5.82 Å². The maximum Gasteiger partial charge on any atom is 0.145 e. The molecule has 0 saturated heterocycles. The van der Waals surface area contributed by atoms with Crippen LogP contribution in [0.2, 0.25) is 0 Å². The predicted octanol–water partition coefficient (Wildman–Crippen LogP) is 2.91. The van der Waals surface area contributed by atoms with Crippen molar-refractivity contribution in [1.29, 1.82) is 0 Å². The van der Waals surface area contributed by atoms with Gasteiger partial charge in [0.25, 0.3) is 0 Å². The monoisotopic (exact) mass is 227 g/mol. The predicted molar refractivity (Wildman–Crippen MR) is 64.5 cm³/mol. The molecule has 4 heteroatoms. The van der Waals surface area contributed by atoms with Crippen LogP contribution >= 0.6 is 11.6 Å². The summed E-state index contributed by atoms with van der Waals surface area (Å²) in [5, 5.41) is 3.31. The number of halogens is 1. The van der Waals surface area contributed by atoms with Gasteiger partial charge >= 0.3 is 0 Å². The Morgan fingerprint density at radius 1 is 1.40 bits per heavy atom. The molecule has 1 aromatic rings. The van der Waals surface area contributed by atoms with E-state index in [9.17, 15) is 0 Å². The molecule has 0 bridgehead atoms. The largest absolute Gasteiger partial charge is 0.366 e. The van der Waals surface area contributed by atoms with Crippen LogP contribution in [0.5, 0.6) is 0 Å². The Bertz CT molecular complexity index is 315. The van der Waals surface area contributed by atoms with Crippen LogP contribution in [0.3, 0.4) is 0 Å². The summed E-state index contributed by atoms with van der Waals surface area (Å²) in [4.78, 5) is 8.68. The Balaban J connectivity index is 2.53. The SMILES string of the molecule is Cc1ncc(NC(C)CCCCl)nc1C. The molecule has 0 fully saturated rings. The minimum atomic E-state index is 0.389. The molecule has 0 spiro atoms. The van der Waals surface area contributed by atoms with Gasteiger partial charge in [0.05, 0.1) is 17.6 Å².